The van der Waals surface area contributed by atoms with Crippen LogP contribution in [0.3, 0.4) is 0 Å². The van der Waals surface area contributed by atoms with Gasteiger partial charge in [0.2, 0.25) is 5.91 Å². The van der Waals surface area contributed by atoms with Crippen molar-refractivity contribution in [2.75, 3.05) is 6.54 Å². The molecule has 26 heavy (non-hydrogen) atoms. The third-order valence-corrected chi connectivity index (χ3v) is 5.08. The normalized spacial score (nSPS) is 18.9. The van der Waals surface area contributed by atoms with Crippen molar-refractivity contribution in [2.24, 2.45) is 0 Å². The molecular weight excluding hydrogens is 334 g/mol. The maximum atomic E-state index is 12.3. The van der Waals surface area contributed by atoms with E-state index in [9.17, 15) is 14.7 Å². The molecule has 1 aliphatic heterocycles. The summed E-state index contributed by atoms with van der Waals surface area (Å²) in [6.07, 6.45) is 9.36. The van der Waals surface area contributed by atoms with Gasteiger partial charge in [-0.3, -0.25) is 9.59 Å². The quantitative estimate of drug-likeness (QED) is 0.554. The molecule has 2 N–H and O–H groups in total. The van der Waals surface area contributed by atoms with Gasteiger partial charge in [-0.05, 0) is 50.7 Å². The Balaban J connectivity index is 1.70. The van der Waals surface area contributed by atoms with Crippen LogP contribution in [0.1, 0.15) is 70.0 Å². The van der Waals surface area contributed by atoms with E-state index in [1.807, 2.05) is 17.0 Å². The number of carboxylic acids is 1. The summed E-state index contributed by atoms with van der Waals surface area (Å²) >= 11 is 0. The van der Waals surface area contributed by atoms with Gasteiger partial charge in [0.25, 0.3) is 0 Å². The highest BCUT2D eigenvalue weighted by Gasteiger charge is 2.27. The number of aliphatic carboxylic acids is 1. The fourth-order valence-corrected chi connectivity index (χ4v) is 3.66. The van der Waals surface area contributed by atoms with Gasteiger partial charge in [0, 0.05) is 31.8 Å². The number of aliphatic hydroxyl groups excluding tert-OH is 1. The second-order valence-corrected chi connectivity index (χ2v) is 7.21. The summed E-state index contributed by atoms with van der Waals surface area (Å²) in [6.45, 7) is 0.741. The Morgan fingerprint density at radius 1 is 1.31 bits per heavy atom. The van der Waals surface area contributed by atoms with Gasteiger partial charge >= 0.3 is 5.97 Å². The van der Waals surface area contributed by atoms with Crippen LogP contribution in [-0.4, -0.2) is 45.7 Å². The molecule has 1 unspecified atom stereocenters. The molecule has 6 heteroatoms. The lowest BCUT2D eigenvalue weighted by Gasteiger charge is -2.36. The van der Waals surface area contributed by atoms with E-state index in [0.29, 0.717) is 25.7 Å². The minimum Gasteiger partial charge on any atom is -0.481 e. The van der Waals surface area contributed by atoms with E-state index in [-0.39, 0.29) is 18.4 Å². The number of piperidine rings is 1. The molecule has 1 saturated heterocycles. The summed E-state index contributed by atoms with van der Waals surface area (Å²) in [5.74, 6) is 0.257. The third kappa shape index (κ3) is 7.20. The highest BCUT2D eigenvalue weighted by atomic mass is 16.4. The van der Waals surface area contributed by atoms with Gasteiger partial charge in [-0.2, -0.15) is 0 Å². The first-order valence-corrected chi connectivity index (χ1v) is 9.78. The van der Waals surface area contributed by atoms with Crippen molar-refractivity contribution in [1.82, 2.24) is 4.90 Å². The minimum atomic E-state index is -0.746. The monoisotopic (exact) mass is 365 g/mol. The summed E-state index contributed by atoms with van der Waals surface area (Å²) in [5, 5.41) is 18.9. The molecule has 0 aromatic carbocycles. The van der Waals surface area contributed by atoms with Gasteiger partial charge in [-0.25, -0.2) is 0 Å². The number of amides is 1. The molecule has 1 aromatic rings. The minimum absolute atomic E-state index is 0.210. The van der Waals surface area contributed by atoms with Gasteiger partial charge < -0.3 is 19.5 Å². The summed E-state index contributed by atoms with van der Waals surface area (Å²) in [5.41, 5.74) is 0. The molecule has 1 aromatic heterocycles. The number of aliphatic hydroxyl groups is 1. The summed E-state index contributed by atoms with van der Waals surface area (Å²) in [7, 11) is 0. The lowest BCUT2D eigenvalue weighted by molar-refractivity contribution is -0.137. The fraction of sp³-hybridized carbons (Fsp3) is 0.700. The number of hydrogen-bond acceptors (Lipinski definition) is 4. The molecule has 1 amide bonds. The zero-order chi connectivity index (χ0) is 18.8. The molecule has 146 valence electrons. The van der Waals surface area contributed by atoms with Crippen LogP contribution in [0.15, 0.2) is 22.8 Å². The first-order valence-electron chi connectivity index (χ1n) is 9.78. The van der Waals surface area contributed by atoms with Gasteiger partial charge in [0.15, 0.2) is 0 Å². The van der Waals surface area contributed by atoms with Crippen LogP contribution >= 0.6 is 0 Å². The Kier molecular flexibility index (Phi) is 8.68. The SMILES string of the molecule is O=C(O)CCCCCCN1C(=O)CCC[C@@H]1CCC(O)Cc1ccco1. The predicted octanol–water partition coefficient (Wildman–Crippen LogP) is 3.38. The number of carbonyl (C=O) groups is 2. The molecule has 6 nitrogen and oxygen atoms in total. The Labute approximate surface area is 155 Å². The zero-order valence-electron chi connectivity index (χ0n) is 15.4. The van der Waals surface area contributed by atoms with E-state index in [0.717, 1.165) is 50.8 Å². The summed E-state index contributed by atoms with van der Waals surface area (Å²) < 4.78 is 5.27. The van der Waals surface area contributed by atoms with Gasteiger partial charge in [0.05, 0.1) is 12.4 Å². The maximum Gasteiger partial charge on any atom is 0.303 e. The van der Waals surface area contributed by atoms with E-state index in [2.05, 4.69) is 0 Å². The van der Waals surface area contributed by atoms with Crippen molar-refractivity contribution in [1.29, 1.82) is 0 Å². The number of carboxylic acid groups (broad SMARTS) is 1. The topological polar surface area (TPSA) is 91.0 Å². The van der Waals surface area contributed by atoms with Crippen molar-refractivity contribution in [2.45, 2.75) is 82.8 Å². The molecule has 2 atom stereocenters. The lowest BCUT2D eigenvalue weighted by Crippen LogP contribution is -2.44. The second kappa shape index (κ2) is 11.0. The van der Waals surface area contributed by atoms with Crippen LogP contribution in [0.25, 0.3) is 0 Å². The summed E-state index contributed by atoms with van der Waals surface area (Å²) in [4.78, 5) is 24.8. The van der Waals surface area contributed by atoms with Crippen LogP contribution in [0.5, 0.6) is 0 Å². The first-order chi connectivity index (χ1) is 12.6. The molecule has 0 radical (unpaired) electrons. The lowest BCUT2D eigenvalue weighted by atomic mass is 9.95. The smallest absolute Gasteiger partial charge is 0.303 e. The molecule has 0 aliphatic carbocycles. The Bertz CT molecular complexity index is 542. The van der Waals surface area contributed by atoms with Crippen molar-refractivity contribution in [3.05, 3.63) is 24.2 Å². The van der Waals surface area contributed by atoms with E-state index in [1.54, 1.807) is 6.26 Å². The fourth-order valence-electron chi connectivity index (χ4n) is 3.66. The van der Waals surface area contributed by atoms with E-state index in [1.165, 1.54) is 0 Å². The molecular formula is C20H31NO5. The third-order valence-electron chi connectivity index (χ3n) is 5.08. The second-order valence-electron chi connectivity index (χ2n) is 7.21. The number of hydrogen-bond donors (Lipinski definition) is 2. The number of carbonyl (C=O) groups excluding carboxylic acids is 1. The van der Waals surface area contributed by atoms with Crippen LogP contribution in [0.2, 0.25) is 0 Å². The number of likely N-dealkylation sites (tertiary alicyclic amines) is 1. The summed E-state index contributed by atoms with van der Waals surface area (Å²) in [6, 6.07) is 3.89. The standard InChI is InChI=1S/C20H31NO5/c22-17(15-18-8-6-14-26-18)12-11-16-7-5-9-19(23)21(16)13-4-2-1-3-10-20(24)25/h6,8,14,16-17,22H,1-5,7,9-13,15H2,(H,24,25)/t16-,17?/m1/s1. The molecule has 1 fully saturated rings. The van der Waals surface area contributed by atoms with E-state index < -0.39 is 12.1 Å². The Hall–Kier alpha value is -1.82. The highest BCUT2D eigenvalue weighted by molar-refractivity contribution is 5.77. The number of nitrogens with zero attached hydrogens (tertiary/aromatic N) is 1. The Morgan fingerprint density at radius 3 is 2.85 bits per heavy atom. The van der Waals surface area contributed by atoms with Crippen molar-refractivity contribution in [3.8, 4) is 0 Å². The average Bonchev–Trinajstić information content (AvgIpc) is 3.10. The molecule has 0 saturated carbocycles. The maximum absolute atomic E-state index is 12.3. The van der Waals surface area contributed by atoms with Crippen molar-refractivity contribution < 1.29 is 24.2 Å². The number of rotatable bonds is 12. The van der Waals surface area contributed by atoms with Gasteiger partial charge in [-0.15, -0.1) is 0 Å². The highest BCUT2D eigenvalue weighted by Crippen LogP contribution is 2.24. The van der Waals surface area contributed by atoms with Gasteiger partial charge in [0.1, 0.15) is 5.76 Å². The average molecular weight is 365 g/mol. The number of furan rings is 1. The molecule has 0 spiro atoms. The van der Waals surface area contributed by atoms with E-state index >= 15 is 0 Å². The van der Waals surface area contributed by atoms with E-state index in [4.69, 9.17) is 9.52 Å². The largest absolute Gasteiger partial charge is 0.481 e. The van der Waals surface area contributed by atoms with Crippen LogP contribution in [0.4, 0.5) is 0 Å². The molecule has 1 aliphatic rings. The Morgan fingerprint density at radius 2 is 2.12 bits per heavy atom. The zero-order valence-corrected chi connectivity index (χ0v) is 15.4. The molecule has 2 rings (SSSR count). The van der Waals surface area contributed by atoms with Crippen LogP contribution in [0, 0.1) is 0 Å². The first kappa shape index (κ1) is 20.5. The van der Waals surface area contributed by atoms with Crippen molar-refractivity contribution in [3.63, 3.8) is 0 Å². The molecule has 2 heterocycles. The predicted molar refractivity (Wildman–Crippen MR) is 97.7 cm³/mol. The number of unbranched alkanes of at least 4 members (excludes halogenated alkanes) is 3. The van der Waals surface area contributed by atoms with Crippen molar-refractivity contribution >= 4 is 11.9 Å². The van der Waals surface area contributed by atoms with Crippen LogP contribution < -0.4 is 0 Å². The van der Waals surface area contributed by atoms with Crippen LogP contribution in [-0.2, 0) is 16.0 Å². The molecule has 0 bridgehead atoms. The van der Waals surface area contributed by atoms with Gasteiger partial charge in [-0.1, -0.05) is 12.8 Å².